The molecule has 1 atom stereocenters. The number of aryl methyl sites for hydroxylation is 2. The molecule has 3 aromatic rings. The van der Waals surface area contributed by atoms with E-state index in [-0.39, 0.29) is 11.3 Å². The molecule has 6 heteroatoms. The summed E-state index contributed by atoms with van der Waals surface area (Å²) in [5.41, 5.74) is 2.76. The molecule has 1 aliphatic rings. The lowest BCUT2D eigenvalue weighted by Crippen LogP contribution is -2.30. The molecule has 2 heterocycles. The van der Waals surface area contributed by atoms with Crippen LogP contribution in [-0.4, -0.2) is 16.8 Å². The summed E-state index contributed by atoms with van der Waals surface area (Å²) in [4.78, 5) is 27.4. The molecule has 0 saturated carbocycles. The van der Waals surface area contributed by atoms with E-state index >= 15 is 0 Å². The molecule has 1 amide bonds. The molecule has 1 saturated heterocycles. The van der Waals surface area contributed by atoms with Gasteiger partial charge in [-0.3, -0.25) is 14.5 Å². The van der Waals surface area contributed by atoms with Gasteiger partial charge in [0.1, 0.15) is 17.6 Å². The van der Waals surface area contributed by atoms with Crippen molar-refractivity contribution >= 4 is 34.7 Å². The summed E-state index contributed by atoms with van der Waals surface area (Å²) in [5.74, 6) is -1.36. The molecule has 29 heavy (non-hydrogen) atoms. The molecule has 1 aliphatic heterocycles. The van der Waals surface area contributed by atoms with Crippen LogP contribution in [0.3, 0.4) is 0 Å². The maximum atomic E-state index is 13.0. The van der Waals surface area contributed by atoms with Crippen LogP contribution in [0, 0.1) is 13.8 Å². The molecule has 0 aliphatic carbocycles. The number of Topliss-reactive ketones (excluding diaryl/α,β-unsaturated/α-hetero) is 1. The molecule has 0 spiro atoms. The minimum Gasteiger partial charge on any atom is -0.507 e. The Hall–Kier alpha value is -3.31. The zero-order chi connectivity index (χ0) is 20.7. The standard InChI is InChI=1S/C23H18ClNO4/c1-13-5-6-14(2)17(12-13)25-20(18-4-3-11-29-18)19(22(27)23(25)28)21(26)15-7-9-16(24)10-8-15/h3-12,20,26H,1-2H3/b21-19-. The van der Waals surface area contributed by atoms with Crippen molar-refractivity contribution in [3.05, 3.63) is 93.9 Å². The van der Waals surface area contributed by atoms with E-state index < -0.39 is 17.7 Å². The number of benzene rings is 2. The quantitative estimate of drug-likeness (QED) is 0.369. The van der Waals surface area contributed by atoms with Gasteiger partial charge in [0.15, 0.2) is 0 Å². The molecule has 0 bridgehead atoms. The Kier molecular flexibility index (Phi) is 4.76. The number of carbonyl (C=O) groups excluding carboxylic acids is 2. The summed E-state index contributed by atoms with van der Waals surface area (Å²) < 4.78 is 5.56. The fourth-order valence-corrected chi connectivity index (χ4v) is 3.67. The second kappa shape index (κ2) is 7.26. The highest BCUT2D eigenvalue weighted by Gasteiger charge is 2.48. The van der Waals surface area contributed by atoms with E-state index in [0.717, 1.165) is 11.1 Å². The van der Waals surface area contributed by atoms with Gasteiger partial charge >= 0.3 is 0 Å². The van der Waals surface area contributed by atoms with Crippen molar-refractivity contribution in [1.29, 1.82) is 0 Å². The SMILES string of the molecule is Cc1ccc(C)c(N2C(=O)C(=O)/C(=C(\O)c3ccc(Cl)cc3)C2c2ccco2)c1. The van der Waals surface area contributed by atoms with Crippen molar-refractivity contribution in [1.82, 2.24) is 0 Å². The number of halogens is 1. The maximum Gasteiger partial charge on any atom is 0.300 e. The van der Waals surface area contributed by atoms with Gasteiger partial charge in [-0.1, -0.05) is 23.7 Å². The maximum absolute atomic E-state index is 13.0. The van der Waals surface area contributed by atoms with Gasteiger partial charge in [-0.05, 0) is 67.4 Å². The largest absolute Gasteiger partial charge is 0.507 e. The Morgan fingerprint density at radius 3 is 2.45 bits per heavy atom. The highest BCUT2D eigenvalue weighted by Crippen LogP contribution is 2.43. The third kappa shape index (κ3) is 3.23. The predicted molar refractivity (Wildman–Crippen MR) is 111 cm³/mol. The summed E-state index contributed by atoms with van der Waals surface area (Å²) in [5, 5.41) is 11.5. The van der Waals surface area contributed by atoms with E-state index in [1.807, 2.05) is 32.0 Å². The van der Waals surface area contributed by atoms with Crippen LogP contribution in [-0.2, 0) is 9.59 Å². The number of aliphatic hydroxyl groups excluding tert-OH is 1. The van der Waals surface area contributed by atoms with Gasteiger partial charge in [0.2, 0.25) is 0 Å². The van der Waals surface area contributed by atoms with Crippen molar-refractivity contribution in [3.63, 3.8) is 0 Å². The van der Waals surface area contributed by atoms with Crippen LogP contribution < -0.4 is 4.90 Å². The molecule has 0 radical (unpaired) electrons. The van der Waals surface area contributed by atoms with Crippen LogP contribution >= 0.6 is 11.6 Å². The van der Waals surface area contributed by atoms with Crippen molar-refractivity contribution in [3.8, 4) is 0 Å². The first-order valence-electron chi connectivity index (χ1n) is 9.06. The smallest absolute Gasteiger partial charge is 0.300 e. The average molecular weight is 408 g/mol. The Bertz CT molecular complexity index is 1130. The van der Waals surface area contributed by atoms with Crippen LogP contribution in [0.25, 0.3) is 5.76 Å². The molecule has 1 aromatic heterocycles. The van der Waals surface area contributed by atoms with Crippen molar-refractivity contribution in [2.24, 2.45) is 0 Å². The lowest BCUT2D eigenvalue weighted by molar-refractivity contribution is -0.132. The van der Waals surface area contributed by atoms with Gasteiger partial charge in [0.05, 0.1) is 11.8 Å². The highest BCUT2D eigenvalue weighted by molar-refractivity contribution is 6.51. The number of carbonyl (C=O) groups is 2. The Morgan fingerprint density at radius 1 is 1.07 bits per heavy atom. The number of hydrogen-bond donors (Lipinski definition) is 1. The first-order valence-corrected chi connectivity index (χ1v) is 9.44. The number of furan rings is 1. The topological polar surface area (TPSA) is 70.8 Å². The van der Waals surface area contributed by atoms with E-state index in [0.29, 0.717) is 22.0 Å². The lowest BCUT2D eigenvalue weighted by atomic mass is 9.99. The summed E-state index contributed by atoms with van der Waals surface area (Å²) in [6.07, 6.45) is 1.47. The normalized spacial score (nSPS) is 18.4. The fraction of sp³-hybridized carbons (Fsp3) is 0.130. The van der Waals surface area contributed by atoms with Crippen molar-refractivity contribution in [2.45, 2.75) is 19.9 Å². The van der Waals surface area contributed by atoms with Crippen LogP contribution in [0.15, 0.2) is 70.9 Å². The second-order valence-corrected chi connectivity index (χ2v) is 7.42. The van der Waals surface area contributed by atoms with E-state index in [1.165, 1.54) is 11.2 Å². The number of aliphatic hydroxyl groups is 1. The molecule has 4 rings (SSSR count). The Labute approximate surface area is 172 Å². The lowest BCUT2D eigenvalue weighted by Gasteiger charge is -2.25. The Morgan fingerprint density at radius 2 is 1.79 bits per heavy atom. The van der Waals surface area contributed by atoms with Gasteiger partial charge in [-0.25, -0.2) is 0 Å². The average Bonchev–Trinajstić information content (AvgIpc) is 3.31. The third-order valence-electron chi connectivity index (χ3n) is 5.00. The molecule has 2 aromatic carbocycles. The summed E-state index contributed by atoms with van der Waals surface area (Å²) in [6.45, 7) is 3.78. The predicted octanol–water partition coefficient (Wildman–Crippen LogP) is 5.18. The summed E-state index contributed by atoms with van der Waals surface area (Å²) in [6, 6.07) is 14.6. The van der Waals surface area contributed by atoms with Gasteiger partial charge in [0.25, 0.3) is 11.7 Å². The Balaban J connectivity index is 1.95. The fourth-order valence-electron chi connectivity index (χ4n) is 3.54. The third-order valence-corrected chi connectivity index (χ3v) is 5.25. The molecule has 1 N–H and O–H groups in total. The number of rotatable bonds is 3. The highest BCUT2D eigenvalue weighted by atomic mass is 35.5. The second-order valence-electron chi connectivity index (χ2n) is 6.98. The van der Waals surface area contributed by atoms with E-state index in [1.54, 1.807) is 36.4 Å². The molecular weight excluding hydrogens is 390 g/mol. The van der Waals surface area contributed by atoms with E-state index in [2.05, 4.69) is 0 Å². The zero-order valence-corrected chi connectivity index (χ0v) is 16.6. The zero-order valence-electron chi connectivity index (χ0n) is 15.8. The molecule has 5 nitrogen and oxygen atoms in total. The minimum atomic E-state index is -0.874. The summed E-state index contributed by atoms with van der Waals surface area (Å²) in [7, 11) is 0. The van der Waals surface area contributed by atoms with Crippen molar-refractivity contribution in [2.75, 3.05) is 4.90 Å². The number of amides is 1. The number of anilines is 1. The molecular formula is C23H18ClNO4. The van der Waals surface area contributed by atoms with Gasteiger partial charge in [-0.15, -0.1) is 0 Å². The monoisotopic (exact) mass is 407 g/mol. The van der Waals surface area contributed by atoms with Gasteiger partial charge in [0, 0.05) is 16.3 Å². The van der Waals surface area contributed by atoms with Crippen molar-refractivity contribution < 1.29 is 19.1 Å². The molecule has 1 unspecified atom stereocenters. The first kappa shape index (κ1) is 19.0. The number of nitrogens with zero attached hydrogens (tertiary/aromatic N) is 1. The van der Waals surface area contributed by atoms with Crippen LogP contribution in [0.1, 0.15) is 28.5 Å². The minimum absolute atomic E-state index is 0.0202. The van der Waals surface area contributed by atoms with Crippen LogP contribution in [0.2, 0.25) is 5.02 Å². The molecule has 146 valence electrons. The number of hydrogen-bond acceptors (Lipinski definition) is 4. The van der Waals surface area contributed by atoms with Crippen LogP contribution in [0.5, 0.6) is 0 Å². The van der Waals surface area contributed by atoms with Crippen LogP contribution in [0.4, 0.5) is 5.69 Å². The van der Waals surface area contributed by atoms with Gasteiger partial charge < -0.3 is 9.52 Å². The van der Waals surface area contributed by atoms with E-state index in [4.69, 9.17) is 16.0 Å². The first-order chi connectivity index (χ1) is 13.9. The number of ketones is 1. The summed E-state index contributed by atoms with van der Waals surface area (Å²) >= 11 is 5.93. The van der Waals surface area contributed by atoms with E-state index in [9.17, 15) is 14.7 Å². The van der Waals surface area contributed by atoms with Gasteiger partial charge in [-0.2, -0.15) is 0 Å². The molecule has 1 fully saturated rings.